The van der Waals surface area contributed by atoms with Crippen LogP contribution in [0.3, 0.4) is 0 Å². The number of fused-ring (bicyclic) bond motifs is 1. The van der Waals surface area contributed by atoms with Gasteiger partial charge in [0.15, 0.2) is 17.2 Å². The maximum atomic E-state index is 12.6. The van der Waals surface area contributed by atoms with Crippen molar-refractivity contribution in [2.24, 2.45) is 5.10 Å². The van der Waals surface area contributed by atoms with Crippen LogP contribution in [0.4, 0.5) is 0 Å². The number of carbonyl (C=O) groups excluding carboxylic acids is 2. The highest BCUT2D eigenvalue weighted by molar-refractivity contribution is 9.11. The van der Waals surface area contributed by atoms with Gasteiger partial charge < -0.3 is 14.2 Å². The molecule has 9 heteroatoms. The number of halogens is 2. The lowest BCUT2D eigenvalue weighted by Gasteiger charge is -2.18. The summed E-state index contributed by atoms with van der Waals surface area (Å²) in [6, 6.07) is 15.5. The van der Waals surface area contributed by atoms with Crippen molar-refractivity contribution in [1.29, 1.82) is 0 Å². The number of nitrogens with zero attached hydrogens (tertiary/aromatic N) is 1. The van der Waals surface area contributed by atoms with Crippen molar-refractivity contribution in [2.45, 2.75) is 6.92 Å². The summed E-state index contributed by atoms with van der Waals surface area (Å²) in [4.78, 5) is 25.2. The van der Waals surface area contributed by atoms with E-state index >= 15 is 0 Å². The molecule has 4 rings (SSSR count). The Balaban J connectivity index is 1.51. The molecule has 0 spiro atoms. The maximum Gasteiger partial charge on any atom is 0.343 e. The molecule has 33 heavy (non-hydrogen) atoms. The molecule has 1 aliphatic rings. The minimum Gasteiger partial charge on any atom is -0.486 e. The molecule has 0 radical (unpaired) electrons. The van der Waals surface area contributed by atoms with Gasteiger partial charge in [0.25, 0.3) is 5.91 Å². The quantitative estimate of drug-likeness (QED) is 0.194. The lowest BCUT2D eigenvalue weighted by Crippen LogP contribution is -2.19. The molecule has 0 unspecified atom stereocenters. The molecule has 1 aliphatic heterocycles. The van der Waals surface area contributed by atoms with Crippen molar-refractivity contribution in [3.63, 3.8) is 0 Å². The standard InChI is InChI=1S/C24H18Br2N2O5/c1-14-3-2-4-16(9-14)24(30)33-22-17(10-18(25)12-19(22)26)13-27-28-23(29)15-5-6-20-21(11-15)32-8-7-31-20/h2-6,9-13H,7-8H2,1H3,(H,28,29). The number of hydrogen-bond acceptors (Lipinski definition) is 6. The lowest BCUT2D eigenvalue weighted by molar-refractivity contribution is 0.0732. The Kier molecular flexibility index (Phi) is 7.10. The number of ether oxygens (including phenoxy) is 3. The fraction of sp³-hybridized carbons (Fsp3) is 0.125. The average molecular weight is 574 g/mol. The third-order valence-corrected chi connectivity index (χ3v) is 5.71. The highest BCUT2D eigenvalue weighted by Gasteiger charge is 2.17. The number of benzene rings is 3. The first-order valence-corrected chi connectivity index (χ1v) is 11.5. The van der Waals surface area contributed by atoms with Crippen LogP contribution in [0.15, 0.2) is 68.6 Å². The van der Waals surface area contributed by atoms with Gasteiger partial charge in [0.1, 0.15) is 13.2 Å². The van der Waals surface area contributed by atoms with Crippen molar-refractivity contribution >= 4 is 50.0 Å². The molecule has 1 amide bonds. The summed E-state index contributed by atoms with van der Waals surface area (Å²) in [5.41, 5.74) is 4.71. The second-order valence-electron chi connectivity index (χ2n) is 7.12. The van der Waals surface area contributed by atoms with E-state index in [0.717, 1.165) is 10.0 Å². The van der Waals surface area contributed by atoms with Crippen molar-refractivity contribution in [3.8, 4) is 17.2 Å². The van der Waals surface area contributed by atoms with Crippen molar-refractivity contribution in [1.82, 2.24) is 5.43 Å². The molecule has 0 aliphatic carbocycles. The second kappa shape index (κ2) is 10.2. The van der Waals surface area contributed by atoms with Crippen LogP contribution in [-0.2, 0) is 0 Å². The zero-order valence-corrected chi connectivity index (χ0v) is 20.6. The lowest BCUT2D eigenvalue weighted by atomic mass is 10.1. The predicted octanol–water partition coefficient (Wildman–Crippen LogP) is 5.27. The summed E-state index contributed by atoms with van der Waals surface area (Å²) < 4.78 is 17.9. The van der Waals surface area contributed by atoms with Crippen molar-refractivity contribution < 1.29 is 23.8 Å². The molecular weight excluding hydrogens is 556 g/mol. The van der Waals surface area contributed by atoms with Crippen LogP contribution in [0.25, 0.3) is 0 Å². The van der Waals surface area contributed by atoms with Crippen LogP contribution in [0.1, 0.15) is 31.8 Å². The normalized spacial score (nSPS) is 12.5. The van der Waals surface area contributed by atoms with Gasteiger partial charge in [-0.2, -0.15) is 5.10 Å². The number of nitrogens with one attached hydrogen (secondary N) is 1. The predicted molar refractivity (Wildman–Crippen MR) is 130 cm³/mol. The number of aryl methyl sites for hydroxylation is 1. The summed E-state index contributed by atoms with van der Waals surface area (Å²) in [7, 11) is 0. The number of hydrogen-bond donors (Lipinski definition) is 1. The highest BCUT2D eigenvalue weighted by Crippen LogP contribution is 2.33. The Morgan fingerprint density at radius 1 is 1.00 bits per heavy atom. The highest BCUT2D eigenvalue weighted by atomic mass is 79.9. The molecule has 1 N–H and O–H groups in total. The Labute approximate surface area is 207 Å². The molecule has 0 atom stereocenters. The molecule has 0 bridgehead atoms. The van der Waals surface area contributed by atoms with E-state index in [0.29, 0.717) is 45.9 Å². The van der Waals surface area contributed by atoms with E-state index in [1.807, 2.05) is 13.0 Å². The molecule has 0 aromatic heterocycles. The minimum absolute atomic E-state index is 0.280. The Bertz CT molecular complexity index is 1260. The van der Waals surface area contributed by atoms with Gasteiger partial charge in [0, 0.05) is 15.6 Å². The number of rotatable bonds is 5. The summed E-state index contributed by atoms with van der Waals surface area (Å²) in [5.74, 6) is 0.466. The van der Waals surface area contributed by atoms with Gasteiger partial charge in [-0.25, -0.2) is 10.2 Å². The van der Waals surface area contributed by atoms with Crippen LogP contribution in [-0.4, -0.2) is 31.3 Å². The Morgan fingerprint density at radius 2 is 1.79 bits per heavy atom. The van der Waals surface area contributed by atoms with Crippen LogP contribution in [0, 0.1) is 6.92 Å². The fourth-order valence-corrected chi connectivity index (χ4v) is 4.46. The first kappa shape index (κ1) is 23.0. The second-order valence-corrected chi connectivity index (χ2v) is 8.89. The molecule has 1 heterocycles. The smallest absolute Gasteiger partial charge is 0.343 e. The van der Waals surface area contributed by atoms with Crippen LogP contribution in [0.5, 0.6) is 17.2 Å². The monoisotopic (exact) mass is 572 g/mol. The molecule has 0 saturated carbocycles. The van der Waals surface area contributed by atoms with E-state index < -0.39 is 11.9 Å². The van der Waals surface area contributed by atoms with E-state index in [9.17, 15) is 9.59 Å². The van der Waals surface area contributed by atoms with Crippen molar-refractivity contribution in [3.05, 3.63) is 85.8 Å². The molecule has 0 fully saturated rings. The van der Waals surface area contributed by atoms with Gasteiger partial charge in [0.05, 0.1) is 16.3 Å². The van der Waals surface area contributed by atoms with Crippen LogP contribution < -0.4 is 19.6 Å². The third kappa shape index (κ3) is 5.61. The number of carbonyl (C=O) groups is 2. The summed E-state index contributed by atoms with van der Waals surface area (Å²) >= 11 is 6.84. The van der Waals surface area contributed by atoms with E-state index in [4.69, 9.17) is 14.2 Å². The average Bonchev–Trinajstić information content (AvgIpc) is 2.80. The molecule has 7 nitrogen and oxygen atoms in total. The minimum atomic E-state index is -0.503. The largest absolute Gasteiger partial charge is 0.486 e. The summed E-state index contributed by atoms with van der Waals surface area (Å²) in [6.45, 7) is 2.80. The SMILES string of the molecule is Cc1cccc(C(=O)Oc2c(Br)cc(Br)cc2C=NNC(=O)c2ccc3c(c2)OCCO3)c1. The van der Waals surface area contributed by atoms with E-state index in [-0.39, 0.29) is 5.75 Å². The Morgan fingerprint density at radius 3 is 2.58 bits per heavy atom. The number of esters is 1. The van der Waals surface area contributed by atoms with Crippen molar-refractivity contribution in [2.75, 3.05) is 13.2 Å². The van der Waals surface area contributed by atoms with Gasteiger partial charge in [-0.1, -0.05) is 33.6 Å². The van der Waals surface area contributed by atoms with Gasteiger partial charge in [-0.15, -0.1) is 0 Å². The van der Waals surface area contributed by atoms with Gasteiger partial charge in [0.2, 0.25) is 0 Å². The van der Waals surface area contributed by atoms with Gasteiger partial charge in [-0.05, 0) is 65.3 Å². The first-order valence-electron chi connectivity index (χ1n) is 9.91. The number of amides is 1. The number of hydrazone groups is 1. The molecule has 3 aromatic rings. The summed E-state index contributed by atoms with van der Waals surface area (Å²) in [5, 5.41) is 4.04. The topological polar surface area (TPSA) is 86.2 Å². The summed E-state index contributed by atoms with van der Waals surface area (Å²) in [6.07, 6.45) is 1.41. The molecular formula is C24H18Br2N2O5. The van der Waals surface area contributed by atoms with Crippen LogP contribution in [0.2, 0.25) is 0 Å². The third-order valence-electron chi connectivity index (χ3n) is 4.66. The van der Waals surface area contributed by atoms with Gasteiger partial charge >= 0.3 is 5.97 Å². The van der Waals surface area contributed by atoms with E-state index in [1.54, 1.807) is 48.5 Å². The Hall–Kier alpha value is -3.17. The zero-order chi connectivity index (χ0) is 23.4. The maximum absolute atomic E-state index is 12.6. The van der Waals surface area contributed by atoms with E-state index in [2.05, 4.69) is 42.4 Å². The van der Waals surface area contributed by atoms with E-state index in [1.165, 1.54) is 6.21 Å². The molecule has 168 valence electrons. The molecule has 3 aromatic carbocycles. The fourth-order valence-electron chi connectivity index (χ4n) is 3.12. The van der Waals surface area contributed by atoms with Gasteiger partial charge in [-0.3, -0.25) is 4.79 Å². The molecule has 0 saturated heterocycles. The first-order chi connectivity index (χ1) is 15.9. The zero-order valence-electron chi connectivity index (χ0n) is 17.4. The van der Waals surface area contributed by atoms with Crippen LogP contribution >= 0.6 is 31.9 Å².